The second-order valence-electron chi connectivity index (χ2n) is 5.11. The Hall–Kier alpha value is -1.75. The first kappa shape index (κ1) is 15.6. The van der Waals surface area contributed by atoms with Crippen LogP contribution in [0.4, 0.5) is 8.78 Å². The van der Waals surface area contributed by atoms with Crippen molar-refractivity contribution in [2.75, 3.05) is 6.54 Å². The average Bonchev–Trinajstić information content (AvgIpc) is 2.84. The van der Waals surface area contributed by atoms with E-state index in [1.807, 2.05) is 27.1 Å². The molecule has 1 unspecified atom stereocenters. The van der Waals surface area contributed by atoms with Crippen molar-refractivity contribution in [3.05, 3.63) is 52.9 Å². The first-order chi connectivity index (χ1) is 10.1. The summed E-state index contributed by atoms with van der Waals surface area (Å²) < 4.78 is 29.4. The van der Waals surface area contributed by atoms with Gasteiger partial charge in [-0.2, -0.15) is 5.10 Å². The minimum atomic E-state index is -0.434. The molecule has 0 spiro atoms. The third-order valence-corrected chi connectivity index (χ3v) is 3.45. The molecule has 114 valence electrons. The van der Waals surface area contributed by atoms with Gasteiger partial charge in [-0.05, 0) is 37.6 Å². The molecular weight excluding hydrogens is 272 g/mol. The molecule has 1 atom stereocenters. The van der Waals surface area contributed by atoms with Crippen molar-refractivity contribution in [3.63, 3.8) is 0 Å². The van der Waals surface area contributed by atoms with Gasteiger partial charge in [0.15, 0.2) is 0 Å². The van der Waals surface area contributed by atoms with Gasteiger partial charge in [-0.3, -0.25) is 4.68 Å². The maximum atomic E-state index is 14.1. The second-order valence-corrected chi connectivity index (χ2v) is 5.11. The van der Waals surface area contributed by atoms with Crippen molar-refractivity contribution in [2.45, 2.75) is 32.7 Å². The number of rotatable bonds is 6. The summed E-state index contributed by atoms with van der Waals surface area (Å²) in [6.45, 7) is 4.76. The van der Waals surface area contributed by atoms with Gasteiger partial charge in [-0.15, -0.1) is 0 Å². The van der Waals surface area contributed by atoms with Crippen LogP contribution in [0.25, 0.3) is 0 Å². The molecule has 0 saturated carbocycles. The van der Waals surface area contributed by atoms with E-state index in [0.717, 1.165) is 36.7 Å². The van der Waals surface area contributed by atoms with Gasteiger partial charge in [-0.25, -0.2) is 8.78 Å². The van der Waals surface area contributed by atoms with Crippen LogP contribution in [0.15, 0.2) is 24.4 Å². The van der Waals surface area contributed by atoms with E-state index in [2.05, 4.69) is 10.4 Å². The standard InChI is InChI=1S/C16H21F2N3/c1-4-8-19-16(12-9-11(17)6-7-14(12)18)13-10-21(3)20-15(13)5-2/h6-7,9-10,16,19H,4-5,8H2,1-3H3. The van der Waals surface area contributed by atoms with E-state index in [-0.39, 0.29) is 6.04 Å². The third-order valence-electron chi connectivity index (χ3n) is 3.45. The second kappa shape index (κ2) is 6.80. The fourth-order valence-electron chi connectivity index (χ4n) is 2.48. The Morgan fingerprint density at radius 1 is 1.24 bits per heavy atom. The summed E-state index contributed by atoms with van der Waals surface area (Å²) in [6.07, 6.45) is 3.53. The van der Waals surface area contributed by atoms with Gasteiger partial charge in [0.05, 0.1) is 11.7 Å². The lowest BCUT2D eigenvalue weighted by Gasteiger charge is -2.19. The minimum absolute atomic E-state index is 0.325. The molecule has 5 heteroatoms. The molecule has 2 aromatic rings. The molecule has 0 aliphatic carbocycles. The van der Waals surface area contributed by atoms with Crippen LogP contribution in [-0.4, -0.2) is 16.3 Å². The molecule has 0 aliphatic heterocycles. The first-order valence-electron chi connectivity index (χ1n) is 7.27. The number of hydrogen-bond donors (Lipinski definition) is 1. The predicted octanol–water partition coefficient (Wildman–Crippen LogP) is 3.35. The molecule has 1 aromatic carbocycles. The molecule has 2 rings (SSSR count). The first-order valence-corrected chi connectivity index (χ1v) is 7.27. The zero-order valence-electron chi connectivity index (χ0n) is 12.7. The SMILES string of the molecule is CCCNC(c1cc(F)ccc1F)c1cn(C)nc1CC. The molecule has 21 heavy (non-hydrogen) atoms. The maximum Gasteiger partial charge on any atom is 0.128 e. The molecule has 0 saturated heterocycles. The summed E-state index contributed by atoms with van der Waals surface area (Å²) in [4.78, 5) is 0. The van der Waals surface area contributed by atoms with Crippen molar-refractivity contribution in [1.82, 2.24) is 15.1 Å². The Morgan fingerprint density at radius 3 is 2.67 bits per heavy atom. The molecule has 1 heterocycles. The molecule has 0 radical (unpaired) electrons. The van der Waals surface area contributed by atoms with Crippen LogP contribution in [0.3, 0.4) is 0 Å². The molecule has 0 aliphatic rings. The Labute approximate surface area is 124 Å². The van der Waals surface area contributed by atoms with E-state index in [1.165, 1.54) is 12.1 Å². The van der Waals surface area contributed by atoms with Gasteiger partial charge in [-0.1, -0.05) is 13.8 Å². The van der Waals surface area contributed by atoms with Gasteiger partial charge in [0.2, 0.25) is 0 Å². The molecule has 1 N–H and O–H groups in total. The molecule has 3 nitrogen and oxygen atoms in total. The maximum absolute atomic E-state index is 14.1. The van der Waals surface area contributed by atoms with Crippen LogP contribution in [0.5, 0.6) is 0 Å². The average molecular weight is 293 g/mol. The van der Waals surface area contributed by atoms with E-state index in [1.54, 1.807) is 4.68 Å². The van der Waals surface area contributed by atoms with Crippen LogP contribution in [0, 0.1) is 11.6 Å². The lowest BCUT2D eigenvalue weighted by molar-refractivity contribution is 0.533. The molecule has 0 bridgehead atoms. The predicted molar refractivity (Wildman–Crippen MR) is 79.1 cm³/mol. The summed E-state index contributed by atoms with van der Waals surface area (Å²) in [6, 6.07) is 3.19. The summed E-state index contributed by atoms with van der Waals surface area (Å²) in [5, 5.41) is 7.69. The van der Waals surface area contributed by atoms with Crippen LogP contribution in [0.1, 0.15) is 43.1 Å². The topological polar surface area (TPSA) is 29.9 Å². The van der Waals surface area contributed by atoms with Crippen molar-refractivity contribution in [3.8, 4) is 0 Å². The van der Waals surface area contributed by atoms with Crippen molar-refractivity contribution in [2.24, 2.45) is 7.05 Å². The number of aryl methyl sites for hydroxylation is 2. The lowest BCUT2D eigenvalue weighted by atomic mass is 9.97. The van der Waals surface area contributed by atoms with Crippen LogP contribution in [0.2, 0.25) is 0 Å². The van der Waals surface area contributed by atoms with Crippen molar-refractivity contribution < 1.29 is 8.78 Å². The third kappa shape index (κ3) is 3.47. The molecule has 1 aromatic heterocycles. The van der Waals surface area contributed by atoms with Crippen LogP contribution < -0.4 is 5.32 Å². The largest absolute Gasteiger partial charge is 0.306 e. The quantitative estimate of drug-likeness (QED) is 0.885. The van der Waals surface area contributed by atoms with E-state index >= 15 is 0 Å². The number of aromatic nitrogens is 2. The van der Waals surface area contributed by atoms with Gasteiger partial charge < -0.3 is 5.32 Å². The number of nitrogens with zero attached hydrogens (tertiary/aromatic N) is 2. The van der Waals surface area contributed by atoms with Crippen molar-refractivity contribution in [1.29, 1.82) is 0 Å². The number of halogens is 2. The fourth-order valence-corrected chi connectivity index (χ4v) is 2.48. The number of nitrogens with one attached hydrogen (secondary N) is 1. The van der Waals surface area contributed by atoms with E-state index in [0.29, 0.717) is 5.56 Å². The summed E-state index contributed by atoms with van der Waals surface area (Å²) in [7, 11) is 1.83. The van der Waals surface area contributed by atoms with E-state index in [9.17, 15) is 8.78 Å². The summed E-state index contributed by atoms with van der Waals surface area (Å²) >= 11 is 0. The normalized spacial score (nSPS) is 12.6. The van der Waals surface area contributed by atoms with E-state index in [4.69, 9.17) is 0 Å². The smallest absolute Gasteiger partial charge is 0.128 e. The lowest BCUT2D eigenvalue weighted by Crippen LogP contribution is -2.25. The zero-order valence-corrected chi connectivity index (χ0v) is 12.7. The summed E-state index contributed by atoms with van der Waals surface area (Å²) in [5.41, 5.74) is 2.12. The minimum Gasteiger partial charge on any atom is -0.306 e. The highest BCUT2D eigenvalue weighted by Crippen LogP contribution is 2.27. The highest BCUT2D eigenvalue weighted by atomic mass is 19.1. The van der Waals surface area contributed by atoms with Gasteiger partial charge in [0.1, 0.15) is 11.6 Å². The Bertz CT molecular complexity index is 608. The Kier molecular flexibility index (Phi) is 5.07. The summed E-state index contributed by atoms with van der Waals surface area (Å²) in [5.74, 6) is -0.840. The van der Waals surface area contributed by atoms with Crippen LogP contribution in [-0.2, 0) is 13.5 Å². The van der Waals surface area contributed by atoms with Gasteiger partial charge in [0.25, 0.3) is 0 Å². The molecular formula is C16H21F2N3. The highest BCUT2D eigenvalue weighted by molar-refractivity contribution is 5.34. The molecule has 0 fully saturated rings. The van der Waals surface area contributed by atoms with Gasteiger partial charge in [0, 0.05) is 24.4 Å². The van der Waals surface area contributed by atoms with E-state index < -0.39 is 11.6 Å². The Balaban J connectivity index is 2.49. The monoisotopic (exact) mass is 293 g/mol. The highest BCUT2D eigenvalue weighted by Gasteiger charge is 2.22. The van der Waals surface area contributed by atoms with Crippen LogP contribution >= 0.6 is 0 Å². The fraction of sp³-hybridized carbons (Fsp3) is 0.438. The number of hydrogen-bond acceptors (Lipinski definition) is 2. The molecule has 0 amide bonds. The number of benzene rings is 1. The van der Waals surface area contributed by atoms with Gasteiger partial charge >= 0.3 is 0 Å². The Morgan fingerprint density at radius 2 is 2.00 bits per heavy atom. The van der Waals surface area contributed by atoms with Crippen molar-refractivity contribution >= 4 is 0 Å². The zero-order chi connectivity index (χ0) is 15.4.